The summed E-state index contributed by atoms with van der Waals surface area (Å²) < 4.78 is 5.90. The highest BCUT2D eigenvalue weighted by atomic mass is 16.5. The van der Waals surface area contributed by atoms with Gasteiger partial charge in [-0.1, -0.05) is 56.3 Å². The van der Waals surface area contributed by atoms with Crippen molar-refractivity contribution in [1.29, 1.82) is 0 Å². The normalized spacial score (nSPS) is 20.4. The van der Waals surface area contributed by atoms with E-state index in [1.54, 1.807) is 0 Å². The predicted octanol–water partition coefficient (Wildman–Crippen LogP) is 4.75. The van der Waals surface area contributed by atoms with Crippen molar-refractivity contribution in [2.75, 3.05) is 19.7 Å². The SMILES string of the molecule is CCN(CC)C(C)C(Cc1cccc2ccccc12)(CC1CCCO1)C(=O)O. The maximum Gasteiger partial charge on any atom is 0.311 e. The first kappa shape index (κ1) is 20.8. The highest BCUT2D eigenvalue weighted by Crippen LogP contribution is 2.40. The first-order chi connectivity index (χ1) is 13.5. The molecule has 1 fully saturated rings. The number of fused-ring (bicyclic) bond motifs is 1. The molecule has 1 N–H and O–H groups in total. The number of carbonyl (C=O) groups is 1. The summed E-state index contributed by atoms with van der Waals surface area (Å²) >= 11 is 0. The Morgan fingerprint density at radius 2 is 1.93 bits per heavy atom. The lowest BCUT2D eigenvalue weighted by atomic mass is 9.70. The average Bonchev–Trinajstić information content (AvgIpc) is 3.21. The first-order valence-corrected chi connectivity index (χ1v) is 10.6. The molecule has 1 heterocycles. The quantitative estimate of drug-likeness (QED) is 0.679. The van der Waals surface area contributed by atoms with Crippen LogP contribution in [0.4, 0.5) is 0 Å². The van der Waals surface area contributed by atoms with Gasteiger partial charge in [-0.2, -0.15) is 0 Å². The van der Waals surface area contributed by atoms with Gasteiger partial charge in [0.25, 0.3) is 0 Å². The summed E-state index contributed by atoms with van der Waals surface area (Å²) in [6.45, 7) is 8.73. The summed E-state index contributed by atoms with van der Waals surface area (Å²) in [4.78, 5) is 15.1. The molecule has 3 rings (SSSR count). The van der Waals surface area contributed by atoms with E-state index in [2.05, 4.69) is 49.9 Å². The van der Waals surface area contributed by atoms with Crippen molar-refractivity contribution in [3.63, 3.8) is 0 Å². The fourth-order valence-electron chi connectivity index (χ4n) is 4.85. The lowest BCUT2D eigenvalue weighted by molar-refractivity contribution is -0.156. The first-order valence-electron chi connectivity index (χ1n) is 10.6. The Bertz CT molecular complexity index is 790. The molecule has 1 saturated heterocycles. The van der Waals surface area contributed by atoms with Crippen molar-refractivity contribution < 1.29 is 14.6 Å². The van der Waals surface area contributed by atoms with Crippen molar-refractivity contribution in [3.8, 4) is 0 Å². The van der Waals surface area contributed by atoms with Crippen LogP contribution in [-0.2, 0) is 16.0 Å². The second-order valence-corrected chi connectivity index (χ2v) is 8.01. The highest BCUT2D eigenvalue weighted by Gasteiger charge is 2.48. The predicted molar refractivity (Wildman–Crippen MR) is 114 cm³/mol. The van der Waals surface area contributed by atoms with Gasteiger partial charge in [-0.25, -0.2) is 0 Å². The van der Waals surface area contributed by atoms with Crippen molar-refractivity contribution in [1.82, 2.24) is 4.90 Å². The van der Waals surface area contributed by atoms with E-state index in [0.717, 1.165) is 48.9 Å². The largest absolute Gasteiger partial charge is 0.481 e. The molecule has 0 radical (unpaired) electrons. The fourth-order valence-corrected chi connectivity index (χ4v) is 4.85. The summed E-state index contributed by atoms with van der Waals surface area (Å²) in [6, 6.07) is 14.4. The summed E-state index contributed by atoms with van der Waals surface area (Å²) in [5, 5.41) is 12.9. The van der Waals surface area contributed by atoms with Crippen LogP contribution in [-0.4, -0.2) is 47.8 Å². The molecular formula is C24H33NO3. The van der Waals surface area contributed by atoms with Crippen LogP contribution in [0, 0.1) is 5.41 Å². The number of carboxylic acid groups (broad SMARTS) is 1. The van der Waals surface area contributed by atoms with Gasteiger partial charge >= 0.3 is 5.97 Å². The average molecular weight is 384 g/mol. The van der Waals surface area contributed by atoms with Crippen molar-refractivity contribution in [3.05, 3.63) is 48.0 Å². The van der Waals surface area contributed by atoms with E-state index in [0.29, 0.717) is 12.8 Å². The molecule has 2 aromatic carbocycles. The molecule has 2 aromatic rings. The number of hydrogen-bond acceptors (Lipinski definition) is 3. The van der Waals surface area contributed by atoms with Gasteiger partial charge in [-0.15, -0.1) is 0 Å². The van der Waals surface area contributed by atoms with Gasteiger partial charge in [0.1, 0.15) is 0 Å². The minimum Gasteiger partial charge on any atom is -0.481 e. The molecular weight excluding hydrogens is 350 g/mol. The van der Waals surface area contributed by atoms with E-state index >= 15 is 0 Å². The van der Waals surface area contributed by atoms with Gasteiger partial charge in [-0.3, -0.25) is 4.79 Å². The zero-order valence-electron chi connectivity index (χ0n) is 17.4. The third kappa shape index (κ3) is 4.08. The van der Waals surface area contributed by atoms with Crippen LogP contribution in [0.3, 0.4) is 0 Å². The smallest absolute Gasteiger partial charge is 0.311 e. The van der Waals surface area contributed by atoms with Crippen molar-refractivity contribution in [2.45, 2.75) is 58.6 Å². The Morgan fingerprint density at radius 3 is 2.57 bits per heavy atom. The Balaban J connectivity index is 2.06. The number of ether oxygens (including phenoxy) is 1. The molecule has 3 atom stereocenters. The molecule has 4 nitrogen and oxygen atoms in total. The Labute approximate surface area is 168 Å². The number of rotatable bonds is 9. The number of hydrogen-bond donors (Lipinski definition) is 1. The van der Waals surface area contributed by atoms with Crippen LogP contribution in [0.25, 0.3) is 10.8 Å². The lowest BCUT2D eigenvalue weighted by Crippen LogP contribution is -2.53. The van der Waals surface area contributed by atoms with Crippen LogP contribution in [0.1, 0.15) is 45.6 Å². The van der Waals surface area contributed by atoms with E-state index in [1.165, 1.54) is 0 Å². The second-order valence-electron chi connectivity index (χ2n) is 8.01. The monoisotopic (exact) mass is 383 g/mol. The third-order valence-electron chi connectivity index (χ3n) is 6.59. The summed E-state index contributed by atoms with van der Waals surface area (Å²) in [5.74, 6) is -0.713. The van der Waals surface area contributed by atoms with E-state index in [-0.39, 0.29) is 12.1 Å². The molecule has 0 aromatic heterocycles. The van der Waals surface area contributed by atoms with Gasteiger partial charge < -0.3 is 14.7 Å². The zero-order valence-corrected chi connectivity index (χ0v) is 17.4. The number of benzene rings is 2. The third-order valence-corrected chi connectivity index (χ3v) is 6.59. The van der Waals surface area contributed by atoms with Gasteiger partial charge in [0.05, 0.1) is 11.5 Å². The van der Waals surface area contributed by atoms with E-state index < -0.39 is 11.4 Å². The maximum atomic E-state index is 12.8. The molecule has 0 bridgehead atoms. The van der Waals surface area contributed by atoms with Gasteiger partial charge in [0.15, 0.2) is 0 Å². The second kappa shape index (κ2) is 9.06. The molecule has 3 unspecified atom stereocenters. The van der Waals surface area contributed by atoms with Crippen molar-refractivity contribution in [2.24, 2.45) is 5.41 Å². The molecule has 4 heteroatoms. The number of carboxylic acids is 1. The van der Waals surface area contributed by atoms with E-state index in [1.807, 2.05) is 18.2 Å². The molecule has 28 heavy (non-hydrogen) atoms. The topological polar surface area (TPSA) is 49.8 Å². The van der Waals surface area contributed by atoms with Crippen LogP contribution in [0.5, 0.6) is 0 Å². The molecule has 0 saturated carbocycles. The van der Waals surface area contributed by atoms with Crippen molar-refractivity contribution >= 4 is 16.7 Å². The van der Waals surface area contributed by atoms with Gasteiger partial charge in [0.2, 0.25) is 0 Å². The molecule has 0 amide bonds. The lowest BCUT2D eigenvalue weighted by Gasteiger charge is -2.42. The molecule has 1 aliphatic heterocycles. The standard InChI is InChI=1S/C24H33NO3/c1-4-25(5-2)18(3)24(23(26)27,17-21-13-9-15-28-21)16-20-12-8-11-19-10-6-7-14-22(19)20/h6-8,10-12,14,18,21H,4-5,9,13,15-17H2,1-3H3,(H,26,27). The summed E-state index contributed by atoms with van der Waals surface area (Å²) in [5.41, 5.74) is 0.225. The zero-order chi connectivity index (χ0) is 20.1. The van der Waals surface area contributed by atoms with Crippen LogP contribution >= 0.6 is 0 Å². The number of nitrogens with zero attached hydrogens (tertiary/aromatic N) is 1. The van der Waals surface area contributed by atoms with E-state index in [9.17, 15) is 9.90 Å². The maximum absolute atomic E-state index is 12.8. The van der Waals surface area contributed by atoms with E-state index in [4.69, 9.17) is 4.74 Å². The minimum atomic E-state index is -0.884. The Kier molecular flexibility index (Phi) is 6.73. The van der Waals surface area contributed by atoms with Gasteiger partial charge in [0, 0.05) is 12.6 Å². The summed E-state index contributed by atoms with van der Waals surface area (Å²) in [7, 11) is 0. The van der Waals surface area contributed by atoms with Crippen LogP contribution in [0.15, 0.2) is 42.5 Å². The molecule has 1 aliphatic rings. The minimum absolute atomic E-state index is 0.0316. The Hall–Kier alpha value is -1.91. The molecule has 0 spiro atoms. The van der Waals surface area contributed by atoms with Gasteiger partial charge in [-0.05, 0) is 62.0 Å². The van der Waals surface area contributed by atoms with Crippen LogP contribution < -0.4 is 0 Å². The molecule has 0 aliphatic carbocycles. The number of aliphatic carboxylic acids is 1. The van der Waals surface area contributed by atoms with Crippen LogP contribution in [0.2, 0.25) is 0 Å². The molecule has 152 valence electrons. The Morgan fingerprint density at radius 1 is 1.21 bits per heavy atom. The fraction of sp³-hybridized carbons (Fsp3) is 0.542. The summed E-state index contributed by atoms with van der Waals surface area (Å²) in [6.07, 6.45) is 3.08. The highest BCUT2D eigenvalue weighted by molar-refractivity contribution is 5.86.